The lowest BCUT2D eigenvalue weighted by atomic mass is 10.1. The fraction of sp³-hybridized carbons (Fsp3) is 0.520. The third kappa shape index (κ3) is 8.54. The Bertz CT molecular complexity index is 963. The van der Waals surface area contributed by atoms with Gasteiger partial charge < -0.3 is 19.7 Å². The molecule has 0 aromatic heterocycles. The monoisotopic (exact) mass is 523 g/mol. The number of benzene rings is 1. The van der Waals surface area contributed by atoms with E-state index in [0.29, 0.717) is 23.7 Å². The highest BCUT2D eigenvalue weighted by Crippen LogP contribution is 2.36. The molecule has 1 aliphatic rings. The maximum atomic E-state index is 12.9. The lowest BCUT2D eigenvalue weighted by Gasteiger charge is -2.21. The summed E-state index contributed by atoms with van der Waals surface area (Å²) in [5, 5.41) is 18.4. The Kier molecular flexibility index (Phi) is 11.5. The first-order valence-electron chi connectivity index (χ1n) is 11.8. The fourth-order valence-electron chi connectivity index (χ4n) is 3.65. The van der Waals surface area contributed by atoms with Crippen molar-refractivity contribution in [3.05, 3.63) is 28.7 Å². The zero-order valence-corrected chi connectivity index (χ0v) is 22.0. The average molecular weight is 524 g/mol. The van der Waals surface area contributed by atoms with Crippen molar-refractivity contribution in [3.8, 4) is 11.5 Å². The Morgan fingerprint density at radius 1 is 1.14 bits per heavy atom. The molecule has 1 amide bonds. The molecule has 2 unspecified atom stereocenters. The predicted octanol–water partition coefficient (Wildman–Crippen LogP) is 5.34. The summed E-state index contributed by atoms with van der Waals surface area (Å²) in [7, 11) is 0. The van der Waals surface area contributed by atoms with Crippen LogP contribution >= 0.6 is 24.0 Å². The Morgan fingerprint density at radius 2 is 1.86 bits per heavy atom. The molecule has 8 nitrogen and oxygen atoms in total. The predicted molar refractivity (Wildman–Crippen MR) is 140 cm³/mol. The first-order chi connectivity index (χ1) is 16.7. The van der Waals surface area contributed by atoms with Crippen molar-refractivity contribution in [2.45, 2.75) is 77.9 Å². The highest BCUT2D eigenvalue weighted by Gasteiger charge is 2.41. The quantitative estimate of drug-likeness (QED) is 0.179. The number of amides is 1. The molecule has 0 bridgehead atoms. The van der Waals surface area contributed by atoms with Crippen molar-refractivity contribution in [1.82, 2.24) is 4.90 Å². The van der Waals surface area contributed by atoms with E-state index < -0.39 is 30.3 Å². The standard InChI is InChI=1S/C25H33NO7S2/c1-4-6-7-8-9-10-16(3)33-19-12-11-17(13-20(19)32-5-2)14-21-23(29)26(25(34)35-21)18(24(30)31)15-22(27)28/h11-14,16,18H,4-10,15H2,1-3H3,(H,27,28)(H,30,31)/b21-14-. The van der Waals surface area contributed by atoms with Crippen LogP contribution in [-0.4, -0.2) is 56.0 Å². The van der Waals surface area contributed by atoms with Crippen LogP contribution in [0.15, 0.2) is 23.1 Å². The first kappa shape index (κ1) is 28.6. The van der Waals surface area contributed by atoms with Gasteiger partial charge in [0.05, 0.1) is 24.0 Å². The number of carbonyl (C=O) groups excluding carboxylic acids is 1. The molecule has 0 aliphatic carbocycles. The number of aliphatic carboxylic acids is 2. The lowest BCUT2D eigenvalue weighted by molar-refractivity contribution is -0.150. The highest BCUT2D eigenvalue weighted by atomic mass is 32.2. The zero-order valence-electron chi connectivity index (χ0n) is 20.3. The van der Waals surface area contributed by atoms with E-state index in [4.69, 9.17) is 26.8 Å². The second kappa shape index (κ2) is 14.1. The summed E-state index contributed by atoms with van der Waals surface area (Å²) in [4.78, 5) is 36.6. The zero-order chi connectivity index (χ0) is 26.0. The van der Waals surface area contributed by atoms with Crippen molar-refractivity contribution in [1.29, 1.82) is 0 Å². The second-order valence-electron chi connectivity index (χ2n) is 8.27. The van der Waals surface area contributed by atoms with E-state index in [1.54, 1.807) is 24.3 Å². The van der Waals surface area contributed by atoms with Crippen LogP contribution in [0.4, 0.5) is 0 Å². The van der Waals surface area contributed by atoms with Gasteiger partial charge in [-0.1, -0.05) is 62.7 Å². The number of carboxylic acid groups (broad SMARTS) is 2. The van der Waals surface area contributed by atoms with Crippen molar-refractivity contribution >= 4 is 52.2 Å². The lowest BCUT2D eigenvalue weighted by Crippen LogP contribution is -2.45. The largest absolute Gasteiger partial charge is 0.490 e. The van der Waals surface area contributed by atoms with Crippen molar-refractivity contribution in [2.75, 3.05) is 6.61 Å². The molecule has 0 radical (unpaired) electrons. The van der Waals surface area contributed by atoms with Gasteiger partial charge in [0.15, 0.2) is 11.5 Å². The summed E-state index contributed by atoms with van der Waals surface area (Å²) >= 11 is 6.12. The molecule has 1 heterocycles. The number of nitrogens with zero attached hydrogens (tertiary/aromatic N) is 1. The van der Waals surface area contributed by atoms with Crippen LogP contribution in [0.25, 0.3) is 6.08 Å². The third-order valence-corrected chi connectivity index (χ3v) is 6.73. The van der Waals surface area contributed by atoms with Gasteiger partial charge in [0.1, 0.15) is 10.4 Å². The van der Waals surface area contributed by atoms with Gasteiger partial charge in [0.2, 0.25) is 0 Å². The third-order valence-electron chi connectivity index (χ3n) is 5.40. The molecule has 0 saturated carbocycles. The molecule has 1 aromatic rings. The van der Waals surface area contributed by atoms with Gasteiger partial charge in [0.25, 0.3) is 5.91 Å². The van der Waals surface area contributed by atoms with Crippen LogP contribution in [0.3, 0.4) is 0 Å². The van der Waals surface area contributed by atoms with E-state index in [9.17, 15) is 19.5 Å². The van der Waals surface area contributed by atoms with Gasteiger partial charge in [0, 0.05) is 0 Å². The number of thiocarbonyl (C=S) groups is 1. The fourth-order valence-corrected chi connectivity index (χ4v) is 5.00. The number of unbranched alkanes of at least 4 members (excludes halogenated alkanes) is 4. The van der Waals surface area contributed by atoms with Gasteiger partial charge >= 0.3 is 11.9 Å². The van der Waals surface area contributed by atoms with Crippen LogP contribution in [0.1, 0.15) is 71.3 Å². The summed E-state index contributed by atoms with van der Waals surface area (Å²) in [5.74, 6) is -2.23. The minimum atomic E-state index is -1.57. The summed E-state index contributed by atoms with van der Waals surface area (Å²) in [6.45, 7) is 6.53. The summed E-state index contributed by atoms with van der Waals surface area (Å²) in [5.41, 5.74) is 0.652. The number of carbonyl (C=O) groups is 3. The van der Waals surface area contributed by atoms with Gasteiger partial charge in [-0.2, -0.15) is 0 Å². The van der Waals surface area contributed by atoms with Gasteiger partial charge in [-0.05, 0) is 50.5 Å². The molecule has 1 aliphatic heterocycles. The Hall–Kier alpha value is -2.59. The van der Waals surface area contributed by atoms with E-state index in [2.05, 4.69) is 6.92 Å². The van der Waals surface area contributed by atoms with E-state index in [1.165, 1.54) is 25.7 Å². The normalized spacial score (nSPS) is 16.4. The van der Waals surface area contributed by atoms with Crippen LogP contribution in [-0.2, 0) is 14.4 Å². The van der Waals surface area contributed by atoms with E-state index in [-0.39, 0.29) is 15.3 Å². The summed E-state index contributed by atoms with van der Waals surface area (Å²) < 4.78 is 11.9. The average Bonchev–Trinajstić information content (AvgIpc) is 3.06. The van der Waals surface area contributed by atoms with Crippen LogP contribution in [0, 0.1) is 0 Å². The first-order valence-corrected chi connectivity index (χ1v) is 13.1. The van der Waals surface area contributed by atoms with Crippen molar-refractivity contribution < 1.29 is 34.1 Å². The molecule has 35 heavy (non-hydrogen) atoms. The van der Waals surface area contributed by atoms with Crippen LogP contribution < -0.4 is 9.47 Å². The second-order valence-corrected chi connectivity index (χ2v) is 9.95. The number of hydrogen-bond acceptors (Lipinski definition) is 7. The topological polar surface area (TPSA) is 113 Å². The van der Waals surface area contributed by atoms with E-state index in [1.807, 2.05) is 13.8 Å². The van der Waals surface area contributed by atoms with Crippen LogP contribution in [0.5, 0.6) is 11.5 Å². The highest BCUT2D eigenvalue weighted by molar-refractivity contribution is 8.26. The number of carboxylic acids is 2. The minimum Gasteiger partial charge on any atom is -0.490 e. The maximum Gasteiger partial charge on any atom is 0.327 e. The molecule has 0 spiro atoms. The summed E-state index contributed by atoms with van der Waals surface area (Å²) in [6, 6.07) is 3.76. The van der Waals surface area contributed by atoms with Crippen LogP contribution in [0.2, 0.25) is 0 Å². The molecule has 2 atom stereocenters. The molecule has 192 valence electrons. The van der Waals surface area contributed by atoms with Gasteiger partial charge in [-0.15, -0.1) is 0 Å². The molecule has 1 fully saturated rings. The SMILES string of the molecule is CCCCCCCC(C)Oc1ccc(/C=C2\SC(=S)N(C(CC(=O)O)C(=O)O)C2=O)cc1OCC. The number of ether oxygens (including phenoxy) is 2. The molecule has 1 aromatic carbocycles. The van der Waals surface area contributed by atoms with Gasteiger partial charge in [-0.3, -0.25) is 14.5 Å². The molecular formula is C25H33NO7S2. The number of thioether (sulfide) groups is 1. The van der Waals surface area contributed by atoms with Gasteiger partial charge in [-0.25, -0.2) is 4.79 Å². The minimum absolute atomic E-state index is 0.00708. The smallest absolute Gasteiger partial charge is 0.327 e. The number of rotatable bonds is 15. The Balaban J connectivity index is 2.16. The van der Waals surface area contributed by atoms with Crippen molar-refractivity contribution in [3.63, 3.8) is 0 Å². The molecule has 2 N–H and O–H groups in total. The van der Waals surface area contributed by atoms with Crippen molar-refractivity contribution in [2.24, 2.45) is 0 Å². The summed E-state index contributed by atoms with van der Waals surface area (Å²) in [6.07, 6.45) is 7.80. The Labute approximate surface area is 215 Å². The van der Waals surface area contributed by atoms with E-state index in [0.717, 1.165) is 29.5 Å². The molecule has 1 saturated heterocycles. The maximum absolute atomic E-state index is 12.9. The molecule has 2 rings (SSSR count). The number of hydrogen-bond donors (Lipinski definition) is 2. The molecule has 10 heteroatoms. The van der Waals surface area contributed by atoms with E-state index >= 15 is 0 Å². The molecular weight excluding hydrogens is 490 g/mol. The Morgan fingerprint density at radius 3 is 2.49 bits per heavy atom.